The molecule has 1 aromatic carbocycles. The summed E-state index contributed by atoms with van der Waals surface area (Å²) in [5, 5.41) is 16.6. The number of carbonyl (C=O) groups is 1. The summed E-state index contributed by atoms with van der Waals surface area (Å²) in [5.41, 5.74) is 0.449. The topological polar surface area (TPSA) is 97.5 Å². The molecule has 112 valence electrons. The number of aliphatic hydroxyl groups excluding tert-OH is 1. The normalized spacial score (nSPS) is 12.1. The molecular formula is C13H14ClN3O4. The average Bonchev–Trinajstić information content (AvgIpc) is 2.93. The Morgan fingerprint density at radius 1 is 1.48 bits per heavy atom. The van der Waals surface area contributed by atoms with E-state index in [1.165, 1.54) is 7.11 Å². The summed E-state index contributed by atoms with van der Waals surface area (Å²) in [4.78, 5) is 15.8. The molecule has 1 amide bonds. The second-order valence-electron chi connectivity index (χ2n) is 4.21. The third-order valence-corrected chi connectivity index (χ3v) is 2.88. The quantitative estimate of drug-likeness (QED) is 0.832. The van der Waals surface area contributed by atoms with Crippen molar-refractivity contribution < 1.29 is 19.2 Å². The zero-order valence-electron chi connectivity index (χ0n) is 11.2. The van der Waals surface area contributed by atoms with E-state index in [9.17, 15) is 9.90 Å². The van der Waals surface area contributed by atoms with Crippen LogP contribution in [0.5, 0.6) is 0 Å². The van der Waals surface area contributed by atoms with Crippen molar-refractivity contribution in [2.24, 2.45) is 0 Å². The first-order valence-corrected chi connectivity index (χ1v) is 6.49. The molecule has 1 heterocycles. The van der Waals surface area contributed by atoms with Gasteiger partial charge in [0.2, 0.25) is 0 Å². The second-order valence-corrected chi connectivity index (χ2v) is 4.65. The number of amides is 1. The Bertz CT molecular complexity index is 600. The highest BCUT2D eigenvalue weighted by molar-refractivity contribution is 6.30. The van der Waals surface area contributed by atoms with Gasteiger partial charge in [0.25, 0.3) is 11.8 Å². The highest BCUT2D eigenvalue weighted by atomic mass is 35.5. The average molecular weight is 312 g/mol. The van der Waals surface area contributed by atoms with Crippen LogP contribution in [0.2, 0.25) is 5.02 Å². The molecule has 0 fully saturated rings. The summed E-state index contributed by atoms with van der Waals surface area (Å²) in [5.74, 6) is 0.0640. The van der Waals surface area contributed by atoms with Gasteiger partial charge in [-0.1, -0.05) is 28.9 Å². The van der Waals surface area contributed by atoms with E-state index in [4.69, 9.17) is 20.9 Å². The van der Waals surface area contributed by atoms with Gasteiger partial charge in [-0.15, -0.1) is 0 Å². The lowest BCUT2D eigenvalue weighted by Gasteiger charge is -2.10. The molecule has 2 rings (SSSR count). The van der Waals surface area contributed by atoms with Crippen molar-refractivity contribution in [2.45, 2.75) is 19.3 Å². The van der Waals surface area contributed by atoms with Gasteiger partial charge < -0.3 is 19.7 Å². The van der Waals surface area contributed by atoms with E-state index in [1.54, 1.807) is 24.3 Å². The van der Waals surface area contributed by atoms with Gasteiger partial charge in [-0.25, -0.2) is 0 Å². The van der Waals surface area contributed by atoms with Gasteiger partial charge in [0.15, 0.2) is 11.9 Å². The molecule has 0 bridgehead atoms. The molecule has 0 saturated heterocycles. The summed E-state index contributed by atoms with van der Waals surface area (Å²) < 4.78 is 9.72. The van der Waals surface area contributed by atoms with Crippen LogP contribution in [0.1, 0.15) is 23.4 Å². The van der Waals surface area contributed by atoms with Crippen molar-refractivity contribution in [3.05, 3.63) is 46.6 Å². The lowest BCUT2D eigenvalue weighted by molar-refractivity contribution is -0.129. The maximum Gasteiger partial charge on any atom is 0.253 e. The van der Waals surface area contributed by atoms with Crippen molar-refractivity contribution in [1.82, 2.24) is 15.5 Å². The van der Waals surface area contributed by atoms with Crippen LogP contribution >= 0.6 is 11.6 Å². The van der Waals surface area contributed by atoms with Crippen molar-refractivity contribution >= 4 is 17.5 Å². The van der Waals surface area contributed by atoms with Crippen LogP contribution in [0.25, 0.3) is 0 Å². The van der Waals surface area contributed by atoms with Gasteiger partial charge >= 0.3 is 0 Å². The van der Waals surface area contributed by atoms with Crippen LogP contribution in [0.15, 0.2) is 28.8 Å². The van der Waals surface area contributed by atoms with Crippen molar-refractivity contribution in [2.75, 3.05) is 7.11 Å². The van der Waals surface area contributed by atoms with E-state index in [1.807, 2.05) is 0 Å². The Labute approximate surface area is 125 Å². The van der Waals surface area contributed by atoms with Crippen LogP contribution in [0.3, 0.4) is 0 Å². The third-order valence-electron chi connectivity index (χ3n) is 2.63. The SMILES string of the molecule is COCc1nc(CNC(=O)C(O)c2ccc(Cl)cc2)no1. The highest BCUT2D eigenvalue weighted by Crippen LogP contribution is 2.16. The number of methoxy groups -OCH3 is 1. The molecule has 1 aromatic heterocycles. The van der Waals surface area contributed by atoms with E-state index in [2.05, 4.69) is 15.5 Å². The standard InChI is InChI=1S/C13H14ClN3O4/c1-20-7-11-16-10(17-21-11)6-15-13(19)12(18)8-2-4-9(14)5-3-8/h2-5,12,18H,6-7H2,1H3,(H,15,19). The summed E-state index contributed by atoms with van der Waals surface area (Å²) >= 11 is 5.75. The van der Waals surface area contributed by atoms with E-state index >= 15 is 0 Å². The van der Waals surface area contributed by atoms with Crippen LogP contribution < -0.4 is 5.32 Å². The number of aromatic nitrogens is 2. The predicted molar refractivity (Wildman–Crippen MR) is 73.3 cm³/mol. The Hall–Kier alpha value is -1.96. The molecule has 2 N–H and O–H groups in total. The first-order valence-electron chi connectivity index (χ1n) is 6.12. The van der Waals surface area contributed by atoms with E-state index in [0.717, 1.165) is 0 Å². The summed E-state index contributed by atoms with van der Waals surface area (Å²) in [6, 6.07) is 6.36. The number of nitrogens with zero attached hydrogens (tertiary/aromatic N) is 2. The number of benzene rings is 1. The molecule has 8 heteroatoms. The fraction of sp³-hybridized carbons (Fsp3) is 0.308. The lowest BCUT2D eigenvalue weighted by Crippen LogP contribution is -2.29. The molecule has 0 radical (unpaired) electrons. The van der Waals surface area contributed by atoms with Crippen LogP contribution in [0, 0.1) is 0 Å². The largest absolute Gasteiger partial charge is 0.378 e. The van der Waals surface area contributed by atoms with Gasteiger partial charge in [0, 0.05) is 12.1 Å². The number of aliphatic hydroxyl groups is 1. The van der Waals surface area contributed by atoms with Gasteiger partial charge in [-0.05, 0) is 17.7 Å². The Morgan fingerprint density at radius 2 is 2.19 bits per heavy atom. The molecule has 2 aromatic rings. The number of carbonyl (C=O) groups excluding carboxylic acids is 1. The molecule has 0 aliphatic carbocycles. The summed E-state index contributed by atoms with van der Waals surface area (Å²) in [6.07, 6.45) is -1.28. The minimum Gasteiger partial charge on any atom is -0.378 e. The first kappa shape index (κ1) is 15.4. The number of halogens is 1. The van der Waals surface area contributed by atoms with Gasteiger partial charge in [0.05, 0.1) is 6.54 Å². The van der Waals surface area contributed by atoms with Gasteiger partial charge in [-0.3, -0.25) is 4.79 Å². The number of rotatable bonds is 6. The van der Waals surface area contributed by atoms with Gasteiger partial charge in [0.1, 0.15) is 6.61 Å². The number of hydrogen-bond acceptors (Lipinski definition) is 6. The first-order chi connectivity index (χ1) is 10.1. The minimum absolute atomic E-state index is 0.0523. The molecule has 7 nitrogen and oxygen atoms in total. The lowest BCUT2D eigenvalue weighted by atomic mass is 10.1. The molecule has 0 aliphatic heterocycles. The number of nitrogens with one attached hydrogen (secondary N) is 1. The zero-order chi connectivity index (χ0) is 15.2. The highest BCUT2D eigenvalue weighted by Gasteiger charge is 2.17. The summed E-state index contributed by atoms with van der Waals surface area (Å²) in [7, 11) is 1.51. The third kappa shape index (κ3) is 4.25. The Balaban J connectivity index is 1.89. The second kappa shape index (κ2) is 7.16. The summed E-state index contributed by atoms with van der Waals surface area (Å²) in [6.45, 7) is 0.255. The Morgan fingerprint density at radius 3 is 2.86 bits per heavy atom. The number of ether oxygens (including phenoxy) is 1. The maximum atomic E-state index is 11.8. The van der Waals surface area contributed by atoms with Crippen LogP contribution in [0.4, 0.5) is 0 Å². The predicted octanol–water partition coefficient (Wildman–Crippen LogP) is 1.22. The van der Waals surface area contributed by atoms with E-state index < -0.39 is 12.0 Å². The molecule has 0 spiro atoms. The van der Waals surface area contributed by atoms with Crippen molar-refractivity contribution in [1.29, 1.82) is 0 Å². The van der Waals surface area contributed by atoms with Crippen molar-refractivity contribution in [3.63, 3.8) is 0 Å². The molecule has 1 unspecified atom stereocenters. The van der Waals surface area contributed by atoms with Crippen LogP contribution in [-0.4, -0.2) is 28.3 Å². The molecule has 0 saturated carbocycles. The van der Waals surface area contributed by atoms with Crippen LogP contribution in [-0.2, 0) is 22.7 Å². The molecular weight excluding hydrogens is 298 g/mol. The molecule has 21 heavy (non-hydrogen) atoms. The van der Waals surface area contributed by atoms with E-state index in [0.29, 0.717) is 22.3 Å². The fourth-order valence-electron chi connectivity index (χ4n) is 1.60. The molecule has 0 aliphatic rings. The fourth-order valence-corrected chi connectivity index (χ4v) is 1.73. The smallest absolute Gasteiger partial charge is 0.253 e. The Kier molecular flexibility index (Phi) is 5.26. The minimum atomic E-state index is -1.28. The monoisotopic (exact) mass is 311 g/mol. The van der Waals surface area contributed by atoms with E-state index in [-0.39, 0.29) is 13.2 Å². The zero-order valence-corrected chi connectivity index (χ0v) is 12.0. The van der Waals surface area contributed by atoms with Crippen molar-refractivity contribution in [3.8, 4) is 0 Å². The molecule has 1 atom stereocenters. The maximum absolute atomic E-state index is 11.8. The van der Waals surface area contributed by atoms with Gasteiger partial charge in [-0.2, -0.15) is 4.98 Å². The number of hydrogen-bond donors (Lipinski definition) is 2.